The Morgan fingerprint density at radius 3 is 2.48 bits per heavy atom. The van der Waals surface area contributed by atoms with Crippen LogP contribution in [0.25, 0.3) is 22.3 Å². The molecule has 0 spiro atoms. The highest BCUT2D eigenvalue weighted by atomic mass is 19.1. The molecule has 6 heteroatoms. The zero-order valence-corrected chi connectivity index (χ0v) is 13.2. The molecule has 0 saturated carbocycles. The molecule has 0 atom stereocenters. The van der Waals surface area contributed by atoms with Crippen LogP contribution in [0.15, 0.2) is 60.8 Å². The van der Waals surface area contributed by atoms with Gasteiger partial charge in [-0.3, -0.25) is 0 Å². The van der Waals surface area contributed by atoms with Gasteiger partial charge in [0.15, 0.2) is 0 Å². The number of rotatable bonds is 3. The zero-order chi connectivity index (χ0) is 17.2. The number of hydrogen-bond donors (Lipinski definition) is 1. The van der Waals surface area contributed by atoms with Crippen molar-refractivity contribution in [2.24, 2.45) is 0 Å². The van der Waals surface area contributed by atoms with Crippen LogP contribution in [0.1, 0.15) is 11.3 Å². The van der Waals surface area contributed by atoms with E-state index in [1.165, 1.54) is 12.3 Å². The summed E-state index contributed by atoms with van der Waals surface area (Å²) in [4.78, 5) is 17.0. The van der Waals surface area contributed by atoms with Crippen molar-refractivity contribution in [2.45, 2.75) is 6.42 Å². The van der Waals surface area contributed by atoms with E-state index in [2.05, 4.69) is 19.9 Å². The lowest BCUT2D eigenvalue weighted by Gasteiger charge is -2.08. The van der Waals surface area contributed by atoms with Crippen molar-refractivity contribution in [3.05, 3.63) is 78.0 Å². The fourth-order valence-electron chi connectivity index (χ4n) is 2.69. The largest absolute Gasteiger partial charge is 0.368 e. The first kappa shape index (κ1) is 15.1. The maximum Gasteiger partial charge on any atom is 0.220 e. The minimum atomic E-state index is -0.523. The Kier molecular flexibility index (Phi) is 3.78. The molecule has 5 nitrogen and oxygen atoms in total. The maximum atomic E-state index is 13.0. The number of halogens is 1. The molecule has 4 aromatic rings. The highest BCUT2D eigenvalue weighted by molar-refractivity contribution is 5.81. The summed E-state index contributed by atoms with van der Waals surface area (Å²) in [6.07, 6.45) is 2.06. The maximum absolute atomic E-state index is 13.0. The van der Waals surface area contributed by atoms with Crippen molar-refractivity contribution in [1.82, 2.24) is 19.9 Å². The lowest BCUT2D eigenvalue weighted by molar-refractivity contribution is 0.584. The molecule has 0 unspecified atom stereocenters. The fraction of sp³-hybridized carbons (Fsp3) is 0.0526. The van der Waals surface area contributed by atoms with Gasteiger partial charge >= 0.3 is 0 Å². The molecule has 0 aliphatic carbocycles. The molecule has 0 aliphatic rings. The van der Waals surface area contributed by atoms with Gasteiger partial charge in [-0.05, 0) is 29.8 Å². The van der Waals surface area contributed by atoms with Crippen LogP contribution in [0, 0.1) is 5.95 Å². The summed E-state index contributed by atoms with van der Waals surface area (Å²) in [6.45, 7) is 0. The van der Waals surface area contributed by atoms with Crippen LogP contribution in [-0.2, 0) is 6.42 Å². The van der Waals surface area contributed by atoms with Gasteiger partial charge in [0.25, 0.3) is 0 Å². The molecule has 25 heavy (non-hydrogen) atoms. The van der Waals surface area contributed by atoms with Gasteiger partial charge in [0.1, 0.15) is 5.52 Å². The Hall–Kier alpha value is -3.41. The average Bonchev–Trinajstić information content (AvgIpc) is 2.63. The third kappa shape index (κ3) is 3.14. The predicted octanol–water partition coefficient (Wildman–Crippen LogP) is 3.40. The van der Waals surface area contributed by atoms with Crippen LogP contribution in [0.3, 0.4) is 0 Å². The number of nitrogens with two attached hydrogens (primary N) is 1. The lowest BCUT2D eigenvalue weighted by Crippen LogP contribution is -2.03. The Labute approximate surface area is 143 Å². The molecule has 0 saturated heterocycles. The van der Waals surface area contributed by atoms with Crippen molar-refractivity contribution < 1.29 is 4.39 Å². The number of aromatic nitrogens is 4. The molecular weight excluding hydrogens is 317 g/mol. The smallest absolute Gasteiger partial charge is 0.220 e. The first-order valence-electron chi connectivity index (χ1n) is 7.78. The summed E-state index contributed by atoms with van der Waals surface area (Å²) in [6, 6.07) is 16.6. The van der Waals surface area contributed by atoms with E-state index in [4.69, 9.17) is 5.73 Å². The average molecular weight is 331 g/mol. The lowest BCUT2D eigenvalue weighted by atomic mass is 10.1. The molecule has 0 amide bonds. The van der Waals surface area contributed by atoms with Crippen LogP contribution in [0.4, 0.5) is 10.3 Å². The van der Waals surface area contributed by atoms with Crippen molar-refractivity contribution in [2.75, 3.05) is 5.73 Å². The molecule has 1 aromatic carbocycles. The highest BCUT2D eigenvalue weighted by Crippen LogP contribution is 2.23. The summed E-state index contributed by atoms with van der Waals surface area (Å²) >= 11 is 0. The van der Waals surface area contributed by atoms with E-state index in [1.54, 1.807) is 6.07 Å². The van der Waals surface area contributed by atoms with Gasteiger partial charge in [0.05, 0.1) is 16.9 Å². The first-order chi connectivity index (χ1) is 12.2. The van der Waals surface area contributed by atoms with Crippen molar-refractivity contribution in [1.29, 1.82) is 0 Å². The number of pyridine rings is 2. The minimum absolute atomic E-state index is 0.219. The van der Waals surface area contributed by atoms with Crippen LogP contribution >= 0.6 is 0 Å². The molecule has 2 N–H and O–H groups in total. The third-order valence-corrected chi connectivity index (χ3v) is 3.87. The van der Waals surface area contributed by atoms with Gasteiger partial charge in [0, 0.05) is 18.2 Å². The number of fused-ring (bicyclic) bond motifs is 1. The van der Waals surface area contributed by atoms with Gasteiger partial charge in [-0.1, -0.05) is 30.3 Å². The van der Waals surface area contributed by atoms with E-state index in [1.807, 2.05) is 42.5 Å². The number of hydrogen-bond acceptors (Lipinski definition) is 5. The van der Waals surface area contributed by atoms with Gasteiger partial charge < -0.3 is 5.73 Å². The van der Waals surface area contributed by atoms with Crippen LogP contribution in [0.5, 0.6) is 0 Å². The number of benzene rings is 1. The van der Waals surface area contributed by atoms with E-state index in [0.29, 0.717) is 23.1 Å². The highest BCUT2D eigenvalue weighted by Gasteiger charge is 2.11. The Morgan fingerprint density at radius 2 is 1.72 bits per heavy atom. The predicted molar refractivity (Wildman–Crippen MR) is 94.2 cm³/mol. The number of nitrogen functional groups attached to an aromatic ring is 1. The third-order valence-electron chi connectivity index (χ3n) is 3.87. The van der Waals surface area contributed by atoms with Crippen molar-refractivity contribution >= 4 is 17.0 Å². The first-order valence-corrected chi connectivity index (χ1v) is 7.78. The Morgan fingerprint density at radius 1 is 0.880 bits per heavy atom. The normalized spacial score (nSPS) is 10.9. The van der Waals surface area contributed by atoms with E-state index >= 15 is 0 Å². The SMILES string of the molecule is Nc1nc(Cc2ccccc2)c2nc(-c3ccc(F)nc3)ccc2n1. The number of nitrogens with zero attached hydrogens (tertiary/aromatic N) is 4. The molecule has 0 radical (unpaired) electrons. The summed E-state index contributed by atoms with van der Waals surface area (Å²) in [5, 5.41) is 0. The van der Waals surface area contributed by atoms with Crippen molar-refractivity contribution in [3.8, 4) is 11.3 Å². The van der Waals surface area contributed by atoms with E-state index in [9.17, 15) is 4.39 Å². The van der Waals surface area contributed by atoms with E-state index < -0.39 is 5.95 Å². The second kappa shape index (κ2) is 6.24. The molecule has 0 fully saturated rings. The summed E-state index contributed by atoms with van der Waals surface area (Å²) in [5.41, 5.74) is 10.5. The molecule has 122 valence electrons. The van der Waals surface area contributed by atoms with Gasteiger partial charge in [0.2, 0.25) is 11.9 Å². The van der Waals surface area contributed by atoms with Crippen molar-refractivity contribution in [3.63, 3.8) is 0 Å². The second-order valence-electron chi connectivity index (χ2n) is 5.62. The summed E-state index contributed by atoms with van der Waals surface area (Å²) in [5.74, 6) is -0.304. The van der Waals surface area contributed by atoms with Crippen LogP contribution < -0.4 is 5.73 Å². The van der Waals surface area contributed by atoms with E-state index in [-0.39, 0.29) is 5.95 Å². The van der Waals surface area contributed by atoms with E-state index in [0.717, 1.165) is 16.8 Å². The quantitative estimate of drug-likeness (QED) is 0.582. The molecule has 4 rings (SSSR count). The summed E-state index contributed by atoms with van der Waals surface area (Å²) in [7, 11) is 0. The van der Waals surface area contributed by atoms with Gasteiger partial charge in [-0.25, -0.2) is 19.9 Å². The molecule has 0 bridgehead atoms. The second-order valence-corrected chi connectivity index (χ2v) is 5.62. The number of anilines is 1. The van der Waals surface area contributed by atoms with Gasteiger partial charge in [-0.15, -0.1) is 0 Å². The van der Waals surface area contributed by atoms with Gasteiger partial charge in [-0.2, -0.15) is 4.39 Å². The molecule has 3 aromatic heterocycles. The molecule has 3 heterocycles. The topological polar surface area (TPSA) is 77.6 Å². The minimum Gasteiger partial charge on any atom is -0.368 e. The van der Waals surface area contributed by atoms with Crippen LogP contribution in [0.2, 0.25) is 0 Å². The monoisotopic (exact) mass is 331 g/mol. The van der Waals surface area contributed by atoms with Crippen LogP contribution in [-0.4, -0.2) is 19.9 Å². The molecule has 0 aliphatic heterocycles. The zero-order valence-electron chi connectivity index (χ0n) is 13.2. The fourth-order valence-corrected chi connectivity index (χ4v) is 2.69. The molecular formula is C19H14FN5. The standard InChI is InChI=1S/C19H14FN5/c20-17-9-6-13(11-22-17)14-7-8-15-18(23-14)16(25-19(21)24-15)10-12-4-2-1-3-5-12/h1-9,11H,10H2,(H2,21,24,25). The Balaban J connectivity index is 1.83. The Bertz CT molecular complexity index is 1030. The summed E-state index contributed by atoms with van der Waals surface area (Å²) < 4.78 is 13.0.